The molecule has 0 amide bonds. The predicted molar refractivity (Wildman–Crippen MR) is 72.3 cm³/mol. The van der Waals surface area contributed by atoms with Crippen molar-refractivity contribution in [2.45, 2.75) is 33.4 Å². The van der Waals surface area contributed by atoms with Crippen LogP contribution in [0.5, 0.6) is 0 Å². The summed E-state index contributed by atoms with van der Waals surface area (Å²) < 4.78 is 2.11. The van der Waals surface area contributed by atoms with Gasteiger partial charge >= 0.3 is 0 Å². The van der Waals surface area contributed by atoms with Crippen molar-refractivity contribution in [2.24, 2.45) is 0 Å². The SMILES string of the molecule is Cc1cc(CNCCCn2ccnc2)sc1C. The Morgan fingerprint density at radius 1 is 1.41 bits per heavy atom. The van der Waals surface area contributed by atoms with Crippen molar-refractivity contribution in [1.82, 2.24) is 14.9 Å². The Morgan fingerprint density at radius 2 is 2.29 bits per heavy atom. The fourth-order valence-electron chi connectivity index (χ4n) is 1.75. The number of aryl methyl sites for hydroxylation is 3. The molecule has 0 fully saturated rings. The van der Waals surface area contributed by atoms with Crippen molar-refractivity contribution in [3.8, 4) is 0 Å². The van der Waals surface area contributed by atoms with Gasteiger partial charge in [-0.05, 0) is 38.4 Å². The number of hydrogen-bond donors (Lipinski definition) is 1. The fourth-order valence-corrected chi connectivity index (χ4v) is 2.78. The molecule has 0 aliphatic rings. The maximum Gasteiger partial charge on any atom is 0.0945 e. The van der Waals surface area contributed by atoms with Gasteiger partial charge in [0, 0.05) is 35.2 Å². The van der Waals surface area contributed by atoms with Crippen molar-refractivity contribution >= 4 is 11.3 Å². The molecule has 0 saturated heterocycles. The smallest absolute Gasteiger partial charge is 0.0945 e. The van der Waals surface area contributed by atoms with Crippen LogP contribution in [0.3, 0.4) is 0 Å². The van der Waals surface area contributed by atoms with Gasteiger partial charge in [-0.2, -0.15) is 0 Å². The van der Waals surface area contributed by atoms with Gasteiger partial charge in [0.1, 0.15) is 0 Å². The fraction of sp³-hybridized carbons (Fsp3) is 0.462. The highest BCUT2D eigenvalue weighted by molar-refractivity contribution is 7.12. The van der Waals surface area contributed by atoms with Crippen LogP contribution < -0.4 is 5.32 Å². The molecule has 0 saturated carbocycles. The van der Waals surface area contributed by atoms with E-state index in [4.69, 9.17) is 0 Å². The number of aromatic nitrogens is 2. The van der Waals surface area contributed by atoms with Crippen LogP contribution in [-0.2, 0) is 13.1 Å². The van der Waals surface area contributed by atoms with Crippen molar-refractivity contribution in [3.63, 3.8) is 0 Å². The van der Waals surface area contributed by atoms with Gasteiger partial charge in [0.05, 0.1) is 6.33 Å². The minimum Gasteiger partial charge on any atom is -0.337 e. The second-order valence-electron chi connectivity index (χ2n) is 4.28. The molecule has 3 nitrogen and oxygen atoms in total. The first-order chi connectivity index (χ1) is 8.25. The van der Waals surface area contributed by atoms with E-state index in [9.17, 15) is 0 Å². The average molecular weight is 249 g/mol. The summed E-state index contributed by atoms with van der Waals surface area (Å²) >= 11 is 1.89. The molecule has 4 heteroatoms. The standard InChI is InChI=1S/C13H19N3S/c1-11-8-13(17-12(11)2)9-14-4-3-6-16-7-5-15-10-16/h5,7-8,10,14H,3-4,6,9H2,1-2H3. The van der Waals surface area contributed by atoms with E-state index in [0.29, 0.717) is 0 Å². The number of rotatable bonds is 6. The van der Waals surface area contributed by atoms with Crippen LogP contribution in [0, 0.1) is 13.8 Å². The van der Waals surface area contributed by atoms with E-state index in [2.05, 4.69) is 34.8 Å². The van der Waals surface area contributed by atoms with Gasteiger partial charge in [-0.3, -0.25) is 0 Å². The maximum absolute atomic E-state index is 4.03. The maximum atomic E-state index is 4.03. The number of nitrogens with zero attached hydrogens (tertiary/aromatic N) is 2. The summed E-state index contributed by atoms with van der Waals surface area (Å²) in [4.78, 5) is 6.89. The summed E-state index contributed by atoms with van der Waals surface area (Å²) in [5.74, 6) is 0. The van der Waals surface area contributed by atoms with Gasteiger partial charge in [0.25, 0.3) is 0 Å². The number of imidazole rings is 1. The Bertz CT molecular complexity index is 426. The lowest BCUT2D eigenvalue weighted by molar-refractivity contribution is 0.583. The van der Waals surface area contributed by atoms with Crippen molar-refractivity contribution < 1.29 is 0 Å². The molecule has 2 heterocycles. The second kappa shape index (κ2) is 5.98. The summed E-state index contributed by atoms with van der Waals surface area (Å²) in [6.45, 7) is 7.43. The van der Waals surface area contributed by atoms with Crippen LogP contribution in [0.1, 0.15) is 21.7 Å². The molecule has 92 valence electrons. The predicted octanol–water partition coefficient (Wildman–Crippen LogP) is 2.74. The summed E-state index contributed by atoms with van der Waals surface area (Å²) in [5, 5.41) is 3.48. The first-order valence-corrected chi connectivity index (χ1v) is 6.80. The zero-order valence-corrected chi connectivity index (χ0v) is 11.3. The van der Waals surface area contributed by atoms with Gasteiger partial charge < -0.3 is 9.88 Å². The molecule has 2 rings (SSSR count). The largest absolute Gasteiger partial charge is 0.337 e. The summed E-state index contributed by atoms with van der Waals surface area (Å²) in [7, 11) is 0. The lowest BCUT2D eigenvalue weighted by atomic mass is 10.3. The van der Waals surface area contributed by atoms with Crippen LogP contribution in [-0.4, -0.2) is 16.1 Å². The van der Waals surface area contributed by atoms with E-state index < -0.39 is 0 Å². The Kier molecular flexibility index (Phi) is 4.34. The Morgan fingerprint density at radius 3 is 2.94 bits per heavy atom. The van der Waals surface area contributed by atoms with Crippen molar-refractivity contribution in [2.75, 3.05) is 6.54 Å². The summed E-state index contributed by atoms with van der Waals surface area (Å²) in [6, 6.07) is 2.28. The molecule has 2 aromatic rings. The van der Waals surface area contributed by atoms with Gasteiger partial charge in [-0.25, -0.2) is 4.98 Å². The van der Waals surface area contributed by atoms with Crippen molar-refractivity contribution in [1.29, 1.82) is 0 Å². The zero-order valence-electron chi connectivity index (χ0n) is 10.4. The molecular formula is C13H19N3S. The van der Waals surface area contributed by atoms with E-state index in [1.807, 2.05) is 30.1 Å². The van der Waals surface area contributed by atoms with Gasteiger partial charge in [-0.1, -0.05) is 0 Å². The normalized spacial score (nSPS) is 10.9. The lowest BCUT2D eigenvalue weighted by Gasteiger charge is -2.03. The van der Waals surface area contributed by atoms with E-state index in [0.717, 1.165) is 26.1 Å². The third-order valence-electron chi connectivity index (χ3n) is 2.85. The Hall–Kier alpha value is -1.13. The molecule has 0 atom stereocenters. The highest BCUT2D eigenvalue weighted by Gasteiger charge is 2.00. The summed E-state index contributed by atoms with van der Waals surface area (Å²) in [6.07, 6.45) is 6.84. The highest BCUT2D eigenvalue weighted by atomic mass is 32.1. The zero-order chi connectivity index (χ0) is 12.1. The van der Waals surface area contributed by atoms with Crippen LogP contribution >= 0.6 is 11.3 Å². The molecule has 2 aromatic heterocycles. The molecule has 0 spiro atoms. The van der Waals surface area contributed by atoms with Gasteiger partial charge in [-0.15, -0.1) is 11.3 Å². The molecule has 17 heavy (non-hydrogen) atoms. The molecule has 0 unspecified atom stereocenters. The molecule has 0 aliphatic carbocycles. The summed E-state index contributed by atoms with van der Waals surface area (Å²) in [5.41, 5.74) is 1.41. The minimum atomic E-state index is 0.989. The lowest BCUT2D eigenvalue weighted by Crippen LogP contribution is -2.15. The highest BCUT2D eigenvalue weighted by Crippen LogP contribution is 2.20. The Labute approximate surface area is 107 Å². The van der Waals surface area contributed by atoms with E-state index in [1.165, 1.54) is 15.3 Å². The molecule has 0 bridgehead atoms. The molecule has 0 aliphatic heterocycles. The van der Waals surface area contributed by atoms with Gasteiger partial charge in [0.2, 0.25) is 0 Å². The molecule has 1 N–H and O–H groups in total. The second-order valence-corrected chi connectivity index (χ2v) is 5.62. The average Bonchev–Trinajstić information content (AvgIpc) is 2.90. The van der Waals surface area contributed by atoms with Crippen LogP contribution in [0.4, 0.5) is 0 Å². The molecule has 0 aromatic carbocycles. The number of nitrogens with one attached hydrogen (secondary N) is 1. The number of thiophene rings is 1. The number of hydrogen-bond acceptors (Lipinski definition) is 3. The van der Waals surface area contributed by atoms with Crippen molar-refractivity contribution in [3.05, 3.63) is 40.1 Å². The van der Waals surface area contributed by atoms with E-state index >= 15 is 0 Å². The topological polar surface area (TPSA) is 29.9 Å². The first-order valence-electron chi connectivity index (χ1n) is 5.98. The first kappa shape index (κ1) is 12.3. The Balaban J connectivity index is 1.63. The third kappa shape index (κ3) is 3.68. The van der Waals surface area contributed by atoms with Gasteiger partial charge in [0.15, 0.2) is 0 Å². The van der Waals surface area contributed by atoms with E-state index in [-0.39, 0.29) is 0 Å². The monoisotopic (exact) mass is 249 g/mol. The van der Waals surface area contributed by atoms with Crippen LogP contribution in [0.2, 0.25) is 0 Å². The van der Waals surface area contributed by atoms with Crippen LogP contribution in [0.15, 0.2) is 24.8 Å². The van der Waals surface area contributed by atoms with E-state index in [1.54, 1.807) is 0 Å². The quantitative estimate of drug-likeness (QED) is 0.798. The minimum absolute atomic E-state index is 0.989. The molecule has 0 radical (unpaired) electrons. The third-order valence-corrected chi connectivity index (χ3v) is 4.00. The van der Waals surface area contributed by atoms with Crippen LogP contribution in [0.25, 0.3) is 0 Å². The molecular weight excluding hydrogens is 230 g/mol.